The number of rotatable bonds is 5. The second-order valence-corrected chi connectivity index (χ2v) is 4.36. The molecule has 0 aromatic carbocycles. The van der Waals surface area contributed by atoms with Gasteiger partial charge in [-0.05, 0) is 24.6 Å². The Bertz CT molecular complexity index is 563. The van der Waals surface area contributed by atoms with E-state index < -0.39 is 11.9 Å². The Morgan fingerprint density at radius 2 is 2.10 bits per heavy atom. The Hall–Kier alpha value is -2.05. The van der Waals surface area contributed by atoms with Crippen LogP contribution in [-0.2, 0) is 12.7 Å². The molecule has 2 aromatic heterocycles. The van der Waals surface area contributed by atoms with Gasteiger partial charge in [0.2, 0.25) is 0 Å². The van der Waals surface area contributed by atoms with Crippen LogP contribution in [0.4, 0.5) is 18.9 Å². The molecular weight excluding hydrogens is 269 g/mol. The fourth-order valence-electron chi connectivity index (χ4n) is 1.71. The van der Waals surface area contributed by atoms with Gasteiger partial charge in [-0.1, -0.05) is 6.92 Å². The van der Waals surface area contributed by atoms with Crippen LogP contribution in [0.3, 0.4) is 0 Å². The van der Waals surface area contributed by atoms with Crippen LogP contribution in [0.15, 0.2) is 30.6 Å². The van der Waals surface area contributed by atoms with Gasteiger partial charge in [0.05, 0.1) is 12.2 Å². The summed E-state index contributed by atoms with van der Waals surface area (Å²) in [5, 5.41) is 6.70. The number of hydrogen-bond donors (Lipinski definition) is 1. The molecule has 20 heavy (non-hydrogen) atoms. The van der Waals surface area contributed by atoms with E-state index >= 15 is 0 Å². The molecule has 2 heterocycles. The Labute approximate surface area is 114 Å². The molecule has 2 rings (SSSR count). The highest BCUT2D eigenvalue weighted by Crippen LogP contribution is 2.27. The lowest BCUT2D eigenvalue weighted by atomic mass is 10.3. The van der Waals surface area contributed by atoms with Crippen LogP contribution >= 0.6 is 0 Å². The summed E-state index contributed by atoms with van der Waals surface area (Å²) in [6.07, 6.45) is -0.493. The second-order valence-electron chi connectivity index (χ2n) is 4.36. The third kappa shape index (κ3) is 3.72. The minimum atomic E-state index is -4.41. The summed E-state index contributed by atoms with van der Waals surface area (Å²) in [7, 11) is 0. The van der Waals surface area contributed by atoms with E-state index in [4.69, 9.17) is 0 Å². The second kappa shape index (κ2) is 5.94. The number of alkyl halides is 3. The maximum absolute atomic E-state index is 12.4. The van der Waals surface area contributed by atoms with Crippen molar-refractivity contribution in [2.75, 3.05) is 11.9 Å². The van der Waals surface area contributed by atoms with Crippen LogP contribution in [0.2, 0.25) is 0 Å². The molecule has 0 amide bonds. The highest BCUT2D eigenvalue weighted by atomic mass is 19.4. The van der Waals surface area contributed by atoms with Crippen LogP contribution in [0.1, 0.15) is 24.7 Å². The highest BCUT2D eigenvalue weighted by Gasteiger charge is 2.33. The number of nitrogens with zero attached hydrogens (tertiary/aromatic N) is 3. The first-order chi connectivity index (χ1) is 9.49. The van der Waals surface area contributed by atoms with Crippen LogP contribution in [0.5, 0.6) is 0 Å². The van der Waals surface area contributed by atoms with E-state index in [1.807, 2.05) is 12.1 Å². The van der Waals surface area contributed by atoms with Gasteiger partial charge in [-0.25, -0.2) is 0 Å². The average Bonchev–Trinajstić information content (AvgIpc) is 2.85. The monoisotopic (exact) mass is 284 g/mol. The molecule has 0 saturated carbocycles. The van der Waals surface area contributed by atoms with Crippen LogP contribution < -0.4 is 5.32 Å². The fraction of sp³-hybridized carbons (Fsp3) is 0.385. The highest BCUT2D eigenvalue weighted by molar-refractivity contribution is 5.43. The smallest absolute Gasteiger partial charge is 0.385 e. The maximum Gasteiger partial charge on any atom is 0.435 e. The van der Waals surface area contributed by atoms with Crippen molar-refractivity contribution < 1.29 is 13.2 Å². The van der Waals surface area contributed by atoms with Gasteiger partial charge < -0.3 is 5.32 Å². The molecular formula is C13H15F3N4. The summed E-state index contributed by atoms with van der Waals surface area (Å²) in [6.45, 7) is 3.10. The van der Waals surface area contributed by atoms with Crippen molar-refractivity contribution in [2.45, 2.75) is 26.1 Å². The molecule has 0 aliphatic heterocycles. The number of aromatic nitrogens is 3. The average molecular weight is 284 g/mol. The Morgan fingerprint density at radius 3 is 2.75 bits per heavy atom. The van der Waals surface area contributed by atoms with Crippen molar-refractivity contribution >= 4 is 5.69 Å². The van der Waals surface area contributed by atoms with Gasteiger partial charge >= 0.3 is 6.18 Å². The molecule has 1 N–H and O–H groups in total. The first-order valence-electron chi connectivity index (χ1n) is 6.28. The zero-order valence-electron chi connectivity index (χ0n) is 11.0. The molecule has 0 aliphatic carbocycles. The number of anilines is 1. The summed E-state index contributed by atoms with van der Waals surface area (Å²) >= 11 is 0. The molecule has 0 aliphatic rings. The molecule has 0 radical (unpaired) electrons. The first kappa shape index (κ1) is 14.4. The molecule has 108 valence electrons. The van der Waals surface area contributed by atoms with Crippen molar-refractivity contribution in [1.29, 1.82) is 0 Å². The van der Waals surface area contributed by atoms with E-state index in [1.54, 1.807) is 6.20 Å². The van der Waals surface area contributed by atoms with Crippen LogP contribution in [0.25, 0.3) is 0 Å². The van der Waals surface area contributed by atoms with Gasteiger partial charge in [-0.2, -0.15) is 18.3 Å². The summed E-state index contributed by atoms with van der Waals surface area (Å²) in [6, 6.07) is 4.59. The molecule has 0 fully saturated rings. The summed E-state index contributed by atoms with van der Waals surface area (Å²) < 4.78 is 38.6. The standard InChI is InChI=1S/C13H15F3N4/c1-2-5-17-10-3-6-18-11(8-10)9-20-7-4-12(19-20)13(14,15)16/h3-4,6-8H,2,5,9H2,1H3,(H,17,18). The lowest BCUT2D eigenvalue weighted by Crippen LogP contribution is -2.09. The van der Waals surface area contributed by atoms with Crippen LogP contribution in [0, 0.1) is 0 Å². The van der Waals surface area contributed by atoms with E-state index in [0.717, 1.165) is 24.7 Å². The molecule has 0 spiro atoms. The van der Waals surface area contributed by atoms with Gasteiger partial charge in [0.25, 0.3) is 0 Å². The van der Waals surface area contributed by atoms with Gasteiger partial charge in [0.15, 0.2) is 5.69 Å². The van der Waals surface area contributed by atoms with Crippen molar-refractivity contribution in [1.82, 2.24) is 14.8 Å². The molecule has 0 atom stereocenters. The number of pyridine rings is 1. The predicted octanol–water partition coefficient (Wildman–Crippen LogP) is 3.17. The molecule has 7 heteroatoms. The molecule has 0 saturated heterocycles. The summed E-state index contributed by atoms with van der Waals surface area (Å²) in [5.74, 6) is 0. The number of nitrogens with one attached hydrogen (secondary N) is 1. The van der Waals surface area contributed by atoms with E-state index in [1.165, 1.54) is 10.9 Å². The van der Waals surface area contributed by atoms with Gasteiger partial charge in [0, 0.05) is 24.6 Å². The zero-order valence-corrected chi connectivity index (χ0v) is 11.0. The fourth-order valence-corrected chi connectivity index (χ4v) is 1.71. The Balaban J connectivity index is 2.08. The van der Waals surface area contributed by atoms with Gasteiger partial charge in [-0.15, -0.1) is 0 Å². The third-order valence-electron chi connectivity index (χ3n) is 2.65. The quantitative estimate of drug-likeness (QED) is 0.917. The molecule has 4 nitrogen and oxygen atoms in total. The van der Waals surface area contributed by atoms with Crippen LogP contribution in [-0.4, -0.2) is 21.3 Å². The minimum absolute atomic E-state index is 0.206. The zero-order chi connectivity index (χ0) is 14.6. The minimum Gasteiger partial charge on any atom is -0.385 e. The topological polar surface area (TPSA) is 42.7 Å². The molecule has 0 unspecified atom stereocenters. The van der Waals surface area contributed by atoms with E-state index in [2.05, 4.69) is 22.3 Å². The maximum atomic E-state index is 12.4. The number of halogens is 3. The summed E-state index contributed by atoms with van der Waals surface area (Å²) in [4.78, 5) is 4.13. The Morgan fingerprint density at radius 1 is 1.30 bits per heavy atom. The van der Waals surface area contributed by atoms with E-state index in [0.29, 0.717) is 5.69 Å². The van der Waals surface area contributed by atoms with Gasteiger partial charge in [0.1, 0.15) is 0 Å². The molecule has 2 aromatic rings. The van der Waals surface area contributed by atoms with Crippen molar-refractivity contribution in [3.63, 3.8) is 0 Å². The lowest BCUT2D eigenvalue weighted by molar-refractivity contribution is -0.141. The first-order valence-corrected chi connectivity index (χ1v) is 6.28. The van der Waals surface area contributed by atoms with E-state index in [9.17, 15) is 13.2 Å². The largest absolute Gasteiger partial charge is 0.435 e. The Kier molecular flexibility index (Phi) is 4.26. The number of hydrogen-bond acceptors (Lipinski definition) is 3. The normalized spacial score (nSPS) is 11.6. The third-order valence-corrected chi connectivity index (χ3v) is 2.65. The van der Waals surface area contributed by atoms with E-state index in [-0.39, 0.29) is 6.54 Å². The summed E-state index contributed by atoms with van der Waals surface area (Å²) in [5.41, 5.74) is 0.667. The van der Waals surface area contributed by atoms with Gasteiger partial charge in [-0.3, -0.25) is 9.67 Å². The van der Waals surface area contributed by atoms with Crippen molar-refractivity contribution in [3.8, 4) is 0 Å². The lowest BCUT2D eigenvalue weighted by Gasteiger charge is -2.07. The predicted molar refractivity (Wildman–Crippen MR) is 69.3 cm³/mol. The van der Waals surface area contributed by atoms with Crippen molar-refractivity contribution in [2.24, 2.45) is 0 Å². The molecule has 0 bridgehead atoms. The SMILES string of the molecule is CCCNc1ccnc(Cn2ccc(C(F)(F)F)n2)c1. The van der Waals surface area contributed by atoms with Crippen molar-refractivity contribution in [3.05, 3.63) is 42.0 Å².